The van der Waals surface area contributed by atoms with E-state index in [1.807, 2.05) is 0 Å². The maximum Gasteiger partial charge on any atom is 0.416 e. The number of aliphatic hydroxyl groups is 1. The number of amides is 1. The van der Waals surface area contributed by atoms with Crippen LogP contribution >= 0.6 is 0 Å². The Morgan fingerprint density at radius 1 is 1.15 bits per heavy atom. The van der Waals surface area contributed by atoms with E-state index in [9.17, 15) is 18.0 Å². The first-order valence-electron chi connectivity index (χ1n) is 11.7. The van der Waals surface area contributed by atoms with Gasteiger partial charge in [0.25, 0.3) is 0 Å². The van der Waals surface area contributed by atoms with Crippen molar-refractivity contribution in [2.24, 2.45) is 0 Å². The van der Waals surface area contributed by atoms with Gasteiger partial charge < -0.3 is 5.11 Å². The minimum absolute atomic E-state index is 0.0566. The fourth-order valence-corrected chi connectivity index (χ4v) is 4.29. The highest BCUT2D eigenvalue weighted by Gasteiger charge is 2.31. The number of carbonyl (C=O) groups is 1. The molecule has 0 fully saturated rings. The number of hydrogen-bond acceptors (Lipinski definition) is 6. The summed E-state index contributed by atoms with van der Waals surface area (Å²) in [5, 5.41) is 29.4. The summed E-state index contributed by atoms with van der Waals surface area (Å²) in [6.45, 7) is 1.40. The Hall–Kier alpha value is -5.02. The van der Waals surface area contributed by atoms with Crippen LogP contribution in [0.2, 0.25) is 0 Å². The van der Waals surface area contributed by atoms with Gasteiger partial charge >= 0.3 is 6.18 Å². The largest absolute Gasteiger partial charge is 0.416 e. The molecule has 5 rings (SSSR count). The molecule has 0 aliphatic heterocycles. The zero-order chi connectivity index (χ0) is 27.7. The average molecular weight is 531 g/mol. The van der Waals surface area contributed by atoms with E-state index in [1.54, 1.807) is 60.4 Å². The van der Waals surface area contributed by atoms with Crippen LogP contribution in [0.1, 0.15) is 23.1 Å². The number of nitrogens with one attached hydrogen (secondary N) is 1. The van der Waals surface area contributed by atoms with Crippen LogP contribution in [0, 0.1) is 18.3 Å². The first-order valence-corrected chi connectivity index (χ1v) is 11.7. The van der Waals surface area contributed by atoms with Crippen LogP contribution in [-0.4, -0.2) is 42.0 Å². The molecule has 5 aromatic rings. The summed E-state index contributed by atoms with van der Waals surface area (Å²) in [6.07, 6.45) is -1.47. The van der Waals surface area contributed by atoms with Gasteiger partial charge in [-0.15, -0.1) is 5.10 Å². The van der Waals surface area contributed by atoms with Crippen molar-refractivity contribution < 1.29 is 23.1 Å². The lowest BCUT2D eigenvalue weighted by molar-refractivity contribution is -0.137. The number of carbonyl (C=O) groups excluding carboxylic acids is 1. The van der Waals surface area contributed by atoms with Gasteiger partial charge in [-0.1, -0.05) is 12.1 Å². The molecule has 12 heteroatoms. The smallest absolute Gasteiger partial charge is 0.396 e. The van der Waals surface area contributed by atoms with Gasteiger partial charge in [-0.3, -0.25) is 10.1 Å². The molecule has 0 unspecified atom stereocenters. The minimum atomic E-state index is -4.55. The predicted molar refractivity (Wildman–Crippen MR) is 136 cm³/mol. The number of nitrogens with zero attached hydrogens (tertiary/aromatic N) is 6. The number of hydrogen-bond donors (Lipinski definition) is 2. The lowest BCUT2D eigenvalue weighted by Crippen LogP contribution is -2.13. The predicted octanol–water partition coefficient (Wildman–Crippen LogP) is 4.77. The Kier molecular flexibility index (Phi) is 6.59. The number of rotatable bonds is 6. The Labute approximate surface area is 219 Å². The third-order valence-electron chi connectivity index (χ3n) is 6.11. The second-order valence-corrected chi connectivity index (χ2v) is 8.63. The maximum absolute atomic E-state index is 13.6. The second-order valence-electron chi connectivity index (χ2n) is 8.63. The summed E-state index contributed by atoms with van der Waals surface area (Å²) < 4.78 is 43.8. The second kappa shape index (κ2) is 10.0. The monoisotopic (exact) mass is 531 g/mol. The molecule has 0 bridgehead atoms. The highest BCUT2D eigenvalue weighted by molar-refractivity contribution is 5.91. The molecule has 0 saturated carbocycles. The van der Waals surface area contributed by atoms with Crippen LogP contribution in [0.25, 0.3) is 33.7 Å². The average Bonchev–Trinajstić information content (AvgIpc) is 3.55. The molecule has 0 aliphatic rings. The van der Waals surface area contributed by atoms with Gasteiger partial charge in [0.05, 0.1) is 47.8 Å². The van der Waals surface area contributed by atoms with Crippen LogP contribution < -0.4 is 5.32 Å². The molecule has 39 heavy (non-hydrogen) atoms. The van der Waals surface area contributed by atoms with Crippen LogP contribution in [-0.2, 0) is 11.0 Å². The number of halogens is 3. The van der Waals surface area contributed by atoms with Crippen LogP contribution in [0.3, 0.4) is 0 Å². The van der Waals surface area contributed by atoms with Crippen molar-refractivity contribution in [3.63, 3.8) is 0 Å². The minimum Gasteiger partial charge on any atom is -0.396 e. The normalized spacial score (nSPS) is 11.5. The topological polar surface area (TPSA) is 121 Å². The molecule has 0 atom stereocenters. The van der Waals surface area contributed by atoms with Crippen molar-refractivity contribution >= 4 is 17.5 Å². The molecular weight excluding hydrogens is 511 g/mol. The molecule has 0 radical (unpaired) electrons. The number of benzene rings is 2. The van der Waals surface area contributed by atoms with E-state index in [1.165, 1.54) is 10.6 Å². The Morgan fingerprint density at radius 2 is 1.92 bits per heavy atom. The van der Waals surface area contributed by atoms with Gasteiger partial charge in [0.1, 0.15) is 0 Å². The number of anilines is 1. The summed E-state index contributed by atoms with van der Waals surface area (Å²) in [6, 6.07) is 15.5. The number of nitriles is 1. The number of aliphatic hydroxyl groups excluding tert-OH is 1. The fraction of sp³-hybridized carbons (Fsp3) is 0.148. The van der Waals surface area contributed by atoms with Crippen molar-refractivity contribution in [3.8, 4) is 34.1 Å². The molecule has 196 valence electrons. The molecule has 0 aliphatic carbocycles. The van der Waals surface area contributed by atoms with Gasteiger partial charge in [-0.2, -0.15) is 28.5 Å². The van der Waals surface area contributed by atoms with E-state index in [4.69, 9.17) is 10.4 Å². The third-order valence-corrected chi connectivity index (χ3v) is 6.11. The molecule has 2 N–H and O–H groups in total. The van der Waals surface area contributed by atoms with E-state index in [0.29, 0.717) is 33.6 Å². The van der Waals surface area contributed by atoms with Gasteiger partial charge in [-0.25, -0.2) is 9.20 Å². The van der Waals surface area contributed by atoms with E-state index in [0.717, 1.165) is 12.1 Å². The quantitative estimate of drug-likeness (QED) is 0.326. The van der Waals surface area contributed by atoms with Crippen LogP contribution in [0.15, 0.2) is 67.0 Å². The Balaban J connectivity index is 1.73. The Bertz CT molecular complexity index is 1730. The Morgan fingerprint density at radius 3 is 2.62 bits per heavy atom. The molecule has 3 heterocycles. The van der Waals surface area contributed by atoms with Crippen molar-refractivity contribution in [2.45, 2.75) is 19.5 Å². The van der Waals surface area contributed by atoms with Gasteiger partial charge in [0, 0.05) is 17.3 Å². The van der Waals surface area contributed by atoms with Crippen LogP contribution in [0.4, 0.5) is 19.1 Å². The maximum atomic E-state index is 13.6. The third kappa shape index (κ3) is 4.95. The van der Waals surface area contributed by atoms with Crippen molar-refractivity contribution in [1.82, 2.24) is 24.4 Å². The zero-order valence-electron chi connectivity index (χ0n) is 20.4. The first-order chi connectivity index (χ1) is 18.7. The summed E-state index contributed by atoms with van der Waals surface area (Å²) in [5.74, 6) is -0.566. The molecule has 3 aromatic heterocycles. The van der Waals surface area contributed by atoms with Crippen molar-refractivity contribution in [3.05, 3.63) is 83.7 Å². The van der Waals surface area contributed by atoms with Gasteiger partial charge in [0.15, 0.2) is 5.65 Å². The van der Waals surface area contributed by atoms with Gasteiger partial charge in [-0.05, 0) is 60.5 Å². The van der Waals surface area contributed by atoms with Crippen molar-refractivity contribution in [2.75, 3.05) is 11.9 Å². The zero-order valence-corrected chi connectivity index (χ0v) is 20.4. The molecular formula is C27H20F3N7O2. The highest BCUT2D eigenvalue weighted by atomic mass is 19.4. The van der Waals surface area contributed by atoms with E-state index in [2.05, 4.69) is 26.6 Å². The summed E-state index contributed by atoms with van der Waals surface area (Å²) >= 11 is 0. The molecule has 0 spiro atoms. The summed E-state index contributed by atoms with van der Waals surface area (Å²) in [5.41, 5.74) is 3.06. The van der Waals surface area contributed by atoms with E-state index >= 15 is 0 Å². The SMILES string of the molecule is Cc1c(-c2ccnn2-c2ccc(C#N)cc2)cn2nc(NC(=O)CCO)nc2c1-c1cccc(C(F)(F)F)c1. The number of fused-ring (bicyclic) bond motifs is 1. The molecule has 1 amide bonds. The summed E-state index contributed by atoms with van der Waals surface area (Å²) in [7, 11) is 0. The van der Waals surface area contributed by atoms with E-state index < -0.39 is 17.6 Å². The molecule has 0 saturated heterocycles. The summed E-state index contributed by atoms with van der Waals surface area (Å²) in [4.78, 5) is 16.4. The lowest BCUT2D eigenvalue weighted by atomic mass is 9.95. The number of aromatic nitrogens is 5. The fourth-order valence-electron chi connectivity index (χ4n) is 4.29. The standard InChI is InChI=1S/C27H20F3N7O2/c1-16-21(22-9-11-32-37(22)20-7-5-17(14-31)6-8-20)15-36-25(34-26(35-36)33-23(39)10-12-38)24(16)18-3-2-4-19(13-18)27(28,29)30/h2-9,11,13,15,38H,10,12H2,1H3,(H,33,35,39). The molecule has 2 aromatic carbocycles. The lowest BCUT2D eigenvalue weighted by Gasteiger charge is -2.16. The number of pyridine rings is 1. The van der Waals surface area contributed by atoms with E-state index in [-0.39, 0.29) is 30.2 Å². The van der Waals surface area contributed by atoms with Gasteiger partial charge in [0.2, 0.25) is 11.9 Å². The van der Waals surface area contributed by atoms with Crippen LogP contribution in [0.5, 0.6) is 0 Å². The molecule has 9 nitrogen and oxygen atoms in total. The van der Waals surface area contributed by atoms with Crippen molar-refractivity contribution in [1.29, 1.82) is 5.26 Å². The number of alkyl halides is 3. The first kappa shape index (κ1) is 25.6. The highest BCUT2D eigenvalue weighted by Crippen LogP contribution is 2.38.